The second kappa shape index (κ2) is 7.34. The molecule has 2 aliphatic heterocycles. The molecule has 1 spiro atoms. The third-order valence-corrected chi connectivity index (χ3v) is 4.16. The Morgan fingerprint density at radius 3 is 2.12 bits per heavy atom. The molecule has 0 atom stereocenters. The van der Waals surface area contributed by atoms with Crippen molar-refractivity contribution in [2.75, 3.05) is 53.5 Å². The van der Waals surface area contributed by atoms with E-state index in [4.69, 9.17) is 4.74 Å². The molecule has 3 heteroatoms. The Bertz CT molecular complexity index is 200. The van der Waals surface area contributed by atoms with Crippen LogP contribution in [0.25, 0.3) is 0 Å². The van der Waals surface area contributed by atoms with Crippen molar-refractivity contribution in [2.24, 2.45) is 5.41 Å². The maximum Gasteiger partial charge on any atom is 0.0589 e. The van der Waals surface area contributed by atoms with Gasteiger partial charge >= 0.3 is 0 Å². The minimum absolute atomic E-state index is 0.665. The molecule has 2 aliphatic rings. The largest absolute Gasteiger partial charge is 0.383 e. The van der Waals surface area contributed by atoms with Gasteiger partial charge in [-0.2, -0.15) is 0 Å². The van der Waals surface area contributed by atoms with Crippen molar-refractivity contribution in [3.8, 4) is 0 Å². The zero-order valence-corrected chi connectivity index (χ0v) is 12.2. The molecule has 0 aromatic carbocycles. The molecule has 0 aliphatic carbocycles. The number of methoxy groups -OCH3 is 1. The van der Waals surface area contributed by atoms with Crippen molar-refractivity contribution in [3.05, 3.63) is 0 Å². The summed E-state index contributed by atoms with van der Waals surface area (Å²) in [6.45, 7) is 11.2. The van der Waals surface area contributed by atoms with Crippen LogP contribution in [0.1, 0.15) is 33.1 Å². The molecule has 2 saturated heterocycles. The van der Waals surface area contributed by atoms with Crippen LogP contribution in [0.2, 0.25) is 0 Å². The average molecular weight is 242 g/mol. The molecule has 0 saturated carbocycles. The van der Waals surface area contributed by atoms with Crippen LogP contribution in [0.3, 0.4) is 0 Å². The lowest BCUT2D eigenvalue weighted by Crippen LogP contribution is -2.42. The molecular weight excluding hydrogens is 212 g/mol. The molecule has 0 amide bonds. The van der Waals surface area contributed by atoms with Gasteiger partial charge in [-0.3, -0.25) is 0 Å². The fraction of sp³-hybridized carbons (Fsp3) is 1.00. The van der Waals surface area contributed by atoms with E-state index in [1.807, 2.05) is 13.8 Å². The standard InChI is InChI=1S/C12H24N2O.C2H6/c1-13-6-3-12(11-13)4-7-14(8-5-12)9-10-15-2;1-2/h3-11H2,1-2H3;1-2H3. The number of hydrogen-bond donors (Lipinski definition) is 0. The second-order valence-electron chi connectivity index (χ2n) is 5.32. The molecule has 2 rings (SSSR count). The lowest BCUT2D eigenvalue weighted by Gasteiger charge is -2.39. The van der Waals surface area contributed by atoms with Gasteiger partial charge < -0.3 is 14.5 Å². The van der Waals surface area contributed by atoms with Crippen LogP contribution in [-0.4, -0.2) is 63.3 Å². The van der Waals surface area contributed by atoms with E-state index >= 15 is 0 Å². The van der Waals surface area contributed by atoms with Crippen molar-refractivity contribution in [1.82, 2.24) is 9.80 Å². The molecule has 102 valence electrons. The predicted molar refractivity (Wildman–Crippen MR) is 73.4 cm³/mol. The van der Waals surface area contributed by atoms with Crippen molar-refractivity contribution < 1.29 is 4.74 Å². The first-order valence-electron chi connectivity index (χ1n) is 7.14. The lowest BCUT2D eigenvalue weighted by molar-refractivity contribution is 0.0827. The number of hydrogen-bond acceptors (Lipinski definition) is 3. The zero-order chi connectivity index (χ0) is 12.7. The first-order valence-corrected chi connectivity index (χ1v) is 7.14. The fourth-order valence-corrected chi connectivity index (χ4v) is 3.04. The number of piperidine rings is 1. The highest BCUT2D eigenvalue weighted by atomic mass is 16.5. The van der Waals surface area contributed by atoms with Crippen LogP contribution in [0.5, 0.6) is 0 Å². The Labute approximate surface area is 107 Å². The quantitative estimate of drug-likeness (QED) is 0.753. The molecule has 2 heterocycles. The van der Waals surface area contributed by atoms with E-state index in [-0.39, 0.29) is 0 Å². The van der Waals surface area contributed by atoms with Gasteiger partial charge in [-0.15, -0.1) is 0 Å². The van der Waals surface area contributed by atoms with Gasteiger partial charge in [0.15, 0.2) is 0 Å². The maximum absolute atomic E-state index is 5.13. The molecule has 0 bridgehead atoms. The van der Waals surface area contributed by atoms with Crippen molar-refractivity contribution >= 4 is 0 Å². The molecule has 0 radical (unpaired) electrons. The van der Waals surface area contributed by atoms with Crippen LogP contribution in [0, 0.1) is 5.41 Å². The summed E-state index contributed by atoms with van der Waals surface area (Å²) in [6, 6.07) is 0. The molecule has 17 heavy (non-hydrogen) atoms. The van der Waals surface area contributed by atoms with E-state index in [9.17, 15) is 0 Å². The number of ether oxygens (including phenoxy) is 1. The van der Waals surface area contributed by atoms with Gasteiger partial charge in [0.1, 0.15) is 0 Å². The van der Waals surface area contributed by atoms with Gasteiger partial charge in [0, 0.05) is 20.2 Å². The normalized spacial score (nSPS) is 24.7. The molecular formula is C14H30N2O. The summed E-state index contributed by atoms with van der Waals surface area (Å²) in [5, 5.41) is 0. The average Bonchev–Trinajstić information content (AvgIpc) is 2.73. The van der Waals surface area contributed by atoms with Gasteiger partial charge in [-0.1, -0.05) is 13.8 Å². The summed E-state index contributed by atoms with van der Waals surface area (Å²) in [6.07, 6.45) is 4.20. The highest BCUT2D eigenvalue weighted by molar-refractivity contribution is 4.92. The number of rotatable bonds is 3. The highest BCUT2D eigenvalue weighted by Gasteiger charge is 2.38. The van der Waals surface area contributed by atoms with Crippen LogP contribution >= 0.6 is 0 Å². The van der Waals surface area contributed by atoms with Crippen LogP contribution in [0.15, 0.2) is 0 Å². The molecule has 0 unspecified atom stereocenters. The third-order valence-electron chi connectivity index (χ3n) is 4.16. The Kier molecular flexibility index (Phi) is 6.45. The van der Waals surface area contributed by atoms with E-state index in [0.29, 0.717) is 5.41 Å². The summed E-state index contributed by atoms with van der Waals surface area (Å²) in [5.74, 6) is 0. The predicted octanol–water partition coefficient (Wildman–Crippen LogP) is 2.08. The Morgan fingerprint density at radius 2 is 1.65 bits per heavy atom. The first kappa shape index (κ1) is 14.9. The summed E-state index contributed by atoms with van der Waals surface area (Å²) in [4.78, 5) is 5.04. The van der Waals surface area contributed by atoms with Crippen LogP contribution < -0.4 is 0 Å². The topological polar surface area (TPSA) is 15.7 Å². The van der Waals surface area contributed by atoms with E-state index < -0.39 is 0 Å². The summed E-state index contributed by atoms with van der Waals surface area (Å²) < 4.78 is 5.13. The van der Waals surface area contributed by atoms with Crippen LogP contribution in [0.4, 0.5) is 0 Å². The van der Waals surface area contributed by atoms with Gasteiger partial charge in [0.25, 0.3) is 0 Å². The fourth-order valence-electron chi connectivity index (χ4n) is 3.04. The van der Waals surface area contributed by atoms with Gasteiger partial charge in [0.05, 0.1) is 6.61 Å². The molecule has 2 fully saturated rings. The summed E-state index contributed by atoms with van der Waals surface area (Å²) >= 11 is 0. The molecule has 0 aromatic heterocycles. The van der Waals surface area contributed by atoms with Gasteiger partial charge in [0.2, 0.25) is 0 Å². The monoisotopic (exact) mass is 242 g/mol. The molecule has 0 aromatic rings. The van der Waals surface area contributed by atoms with E-state index in [0.717, 1.165) is 13.2 Å². The second-order valence-corrected chi connectivity index (χ2v) is 5.32. The van der Waals surface area contributed by atoms with Crippen molar-refractivity contribution in [3.63, 3.8) is 0 Å². The van der Waals surface area contributed by atoms with E-state index in [2.05, 4.69) is 16.8 Å². The summed E-state index contributed by atoms with van der Waals surface area (Å²) in [5.41, 5.74) is 0.665. The van der Waals surface area contributed by atoms with Gasteiger partial charge in [-0.25, -0.2) is 0 Å². The third kappa shape index (κ3) is 4.23. The highest BCUT2D eigenvalue weighted by Crippen LogP contribution is 2.39. The Hall–Kier alpha value is -0.120. The summed E-state index contributed by atoms with van der Waals surface area (Å²) in [7, 11) is 4.05. The number of likely N-dealkylation sites (tertiary alicyclic amines) is 2. The zero-order valence-electron chi connectivity index (χ0n) is 12.2. The van der Waals surface area contributed by atoms with Gasteiger partial charge in [-0.05, 0) is 51.4 Å². The Balaban J connectivity index is 0.000000686. The number of nitrogens with zero attached hydrogens (tertiary/aromatic N) is 2. The first-order chi connectivity index (χ1) is 8.24. The van der Waals surface area contributed by atoms with Crippen LogP contribution in [-0.2, 0) is 4.74 Å². The minimum atomic E-state index is 0.665. The Morgan fingerprint density at radius 1 is 1.06 bits per heavy atom. The van der Waals surface area contributed by atoms with E-state index in [1.54, 1.807) is 7.11 Å². The minimum Gasteiger partial charge on any atom is -0.383 e. The SMILES string of the molecule is CC.COCCN1CCC2(CCN(C)C2)CC1. The lowest BCUT2D eigenvalue weighted by atomic mass is 9.78. The smallest absolute Gasteiger partial charge is 0.0589 e. The van der Waals surface area contributed by atoms with E-state index in [1.165, 1.54) is 45.4 Å². The van der Waals surface area contributed by atoms with Crippen molar-refractivity contribution in [1.29, 1.82) is 0 Å². The maximum atomic E-state index is 5.13. The molecule has 0 N–H and O–H groups in total. The van der Waals surface area contributed by atoms with Crippen molar-refractivity contribution in [2.45, 2.75) is 33.1 Å². The molecule has 3 nitrogen and oxygen atoms in total.